The minimum absolute atomic E-state index is 0.0303. The average molecular weight is 425 g/mol. The third-order valence-electron chi connectivity index (χ3n) is 4.81. The largest absolute Gasteiger partial charge is 0.416 e. The van der Waals surface area contributed by atoms with Gasteiger partial charge >= 0.3 is 6.18 Å². The smallest absolute Gasteiger partial charge is 0.320 e. The summed E-state index contributed by atoms with van der Waals surface area (Å²) in [6.45, 7) is 3.91. The molecule has 2 heterocycles. The molecule has 4 aromatic rings. The minimum Gasteiger partial charge on any atom is -0.320 e. The van der Waals surface area contributed by atoms with Gasteiger partial charge in [-0.2, -0.15) is 18.3 Å². The molecule has 1 amide bonds. The van der Waals surface area contributed by atoms with Crippen LogP contribution in [0.1, 0.15) is 41.4 Å². The Morgan fingerprint density at radius 2 is 1.87 bits per heavy atom. The van der Waals surface area contributed by atoms with E-state index in [9.17, 15) is 18.0 Å². The van der Waals surface area contributed by atoms with Crippen molar-refractivity contribution < 1.29 is 18.0 Å². The summed E-state index contributed by atoms with van der Waals surface area (Å²) >= 11 is 0. The molecule has 2 aromatic carbocycles. The van der Waals surface area contributed by atoms with Crippen LogP contribution in [0.3, 0.4) is 0 Å². The molecule has 9 heteroatoms. The molecular weight excluding hydrogens is 407 g/mol. The van der Waals surface area contributed by atoms with E-state index in [2.05, 4.69) is 20.4 Å². The summed E-state index contributed by atoms with van der Waals surface area (Å²) in [6.07, 6.45) is -1.96. The van der Waals surface area contributed by atoms with E-state index in [0.717, 1.165) is 12.1 Å². The highest BCUT2D eigenvalue weighted by molar-refractivity contribution is 6.13. The number of carbonyl (C=O) groups is 1. The van der Waals surface area contributed by atoms with Crippen molar-refractivity contribution in [1.29, 1.82) is 0 Å². The molecule has 0 aliphatic carbocycles. The fraction of sp³-hybridized carbons (Fsp3) is 0.182. The maximum absolute atomic E-state index is 13.3. The highest BCUT2D eigenvalue weighted by atomic mass is 19.4. The van der Waals surface area contributed by atoms with Crippen LogP contribution in [0, 0.1) is 0 Å². The van der Waals surface area contributed by atoms with Gasteiger partial charge in [0.25, 0.3) is 5.91 Å². The lowest BCUT2D eigenvalue weighted by Gasteiger charge is -2.16. The maximum atomic E-state index is 13.3. The number of hydrogen-bond donors (Lipinski definition) is 1. The summed E-state index contributed by atoms with van der Waals surface area (Å²) in [7, 11) is 0. The van der Waals surface area contributed by atoms with Crippen molar-refractivity contribution in [2.24, 2.45) is 0 Å². The fourth-order valence-electron chi connectivity index (χ4n) is 3.21. The molecule has 6 nitrogen and oxygen atoms in total. The highest BCUT2D eigenvalue weighted by Gasteiger charge is 2.31. The first-order valence-electron chi connectivity index (χ1n) is 9.51. The van der Waals surface area contributed by atoms with Crippen LogP contribution in [-0.2, 0) is 6.18 Å². The van der Waals surface area contributed by atoms with Crippen molar-refractivity contribution in [3.63, 3.8) is 0 Å². The Morgan fingerprint density at radius 3 is 2.55 bits per heavy atom. The number of pyridine rings is 1. The predicted molar refractivity (Wildman–Crippen MR) is 110 cm³/mol. The molecule has 0 bridgehead atoms. The van der Waals surface area contributed by atoms with Crippen LogP contribution in [0.5, 0.6) is 0 Å². The number of benzene rings is 2. The Labute approximate surface area is 175 Å². The lowest BCUT2D eigenvalue weighted by Crippen LogP contribution is -2.17. The van der Waals surface area contributed by atoms with Gasteiger partial charge in [0.05, 0.1) is 28.0 Å². The second kappa shape index (κ2) is 7.82. The zero-order valence-electron chi connectivity index (χ0n) is 16.7. The first-order chi connectivity index (χ1) is 14.7. The minimum atomic E-state index is -4.56. The number of aromatic nitrogens is 4. The number of carbonyl (C=O) groups excluding carboxylic acids is 1. The van der Waals surface area contributed by atoms with Gasteiger partial charge in [-0.3, -0.25) is 9.78 Å². The summed E-state index contributed by atoms with van der Waals surface area (Å²) in [6, 6.07) is 11.9. The van der Waals surface area contributed by atoms with E-state index in [1.165, 1.54) is 23.4 Å². The van der Waals surface area contributed by atoms with Gasteiger partial charge in [-0.15, -0.1) is 0 Å². The number of fused-ring (bicyclic) bond motifs is 1. The van der Waals surface area contributed by atoms with E-state index < -0.39 is 17.6 Å². The number of amides is 1. The lowest BCUT2D eigenvalue weighted by molar-refractivity contribution is -0.137. The van der Waals surface area contributed by atoms with E-state index in [4.69, 9.17) is 0 Å². The van der Waals surface area contributed by atoms with Crippen molar-refractivity contribution in [3.05, 3.63) is 78.0 Å². The number of nitrogens with zero attached hydrogens (tertiary/aromatic N) is 4. The topological polar surface area (TPSA) is 72.7 Å². The zero-order valence-corrected chi connectivity index (χ0v) is 16.7. The second-order valence-electron chi connectivity index (χ2n) is 7.29. The molecule has 0 aliphatic rings. The Kier molecular flexibility index (Phi) is 5.18. The molecule has 158 valence electrons. The number of anilines is 1. The molecule has 0 saturated carbocycles. The van der Waals surface area contributed by atoms with E-state index in [1.807, 2.05) is 19.9 Å². The van der Waals surface area contributed by atoms with Crippen molar-refractivity contribution in [2.45, 2.75) is 25.9 Å². The molecule has 2 aromatic heterocycles. The quantitative estimate of drug-likeness (QED) is 0.487. The third kappa shape index (κ3) is 4.11. The summed E-state index contributed by atoms with van der Waals surface area (Å²) in [5.74, 6) is -0.475. The van der Waals surface area contributed by atoms with Gasteiger partial charge in [0.2, 0.25) is 0 Å². The van der Waals surface area contributed by atoms with Crippen LogP contribution in [0.4, 0.5) is 18.9 Å². The zero-order chi connectivity index (χ0) is 22.2. The maximum Gasteiger partial charge on any atom is 0.416 e. The Balaban J connectivity index is 1.82. The van der Waals surface area contributed by atoms with Gasteiger partial charge in [-0.05, 0) is 36.2 Å². The van der Waals surface area contributed by atoms with E-state index in [-0.39, 0.29) is 17.3 Å². The monoisotopic (exact) mass is 425 g/mol. The van der Waals surface area contributed by atoms with Crippen molar-refractivity contribution in [2.75, 3.05) is 5.32 Å². The fourth-order valence-corrected chi connectivity index (χ4v) is 3.21. The van der Waals surface area contributed by atoms with Gasteiger partial charge in [-0.1, -0.05) is 32.0 Å². The van der Waals surface area contributed by atoms with E-state index >= 15 is 0 Å². The van der Waals surface area contributed by atoms with Crippen molar-refractivity contribution in [1.82, 2.24) is 19.7 Å². The number of nitrogens with one attached hydrogen (secondary N) is 1. The molecule has 0 unspecified atom stereocenters. The molecule has 4 rings (SSSR count). The van der Waals surface area contributed by atoms with Gasteiger partial charge in [0.1, 0.15) is 12.7 Å². The van der Waals surface area contributed by atoms with Crippen LogP contribution in [-0.4, -0.2) is 25.7 Å². The normalized spacial score (nSPS) is 11.8. The molecule has 0 aliphatic heterocycles. The summed E-state index contributed by atoms with van der Waals surface area (Å²) in [5.41, 5.74) is 1.03. The second-order valence-corrected chi connectivity index (χ2v) is 7.29. The number of para-hydroxylation sites is 1. The van der Waals surface area contributed by atoms with Crippen molar-refractivity contribution in [3.8, 4) is 5.69 Å². The summed E-state index contributed by atoms with van der Waals surface area (Å²) in [5, 5.41) is 7.21. The number of alkyl halides is 3. The molecule has 0 radical (unpaired) electrons. The standard InChI is InChI=1S/C22H18F3N5O/c1-13(2)18-10-16(15-5-3-4-6-17(15)28-18)21(31)29-19-9-14(22(23,24)25)7-8-20(19)30-12-26-11-27-30/h3-13H,1-2H3,(H,29,31). The number of halogens is 3. The Hall–Kier alpha value is -3.75. The Morgan fingerprint density at radius 1 is 1.10 bits per heavy atom. The molecule has 1 N–H and O–H groups in total. The molecule has 0 fully saturated rings. The van der Waals surface area contributed by atoms with Crippen LogP contribution in [0.2, 0.25) is 0 Å². The third-order valence-corrected chi connectivity index (χ3v) is 4.81. The Bertz CT molecular complexity index is 1250. The van der Waals surface area contributed by atoms with E-state index in [0.29, 0.717) is 22.2 Å². The number of rotatable bonds is 4. The van der Waals surface area contributed by atoms with E-state index in [1.54, 1.807) is 24.3 Å². The SMILES string of the molecule is CC(C)c1cc(C(=O)Nc2cc(C(F)(F)F)ccc2-n2cncn2)c2ccccc2n1. The van der Waals surface area contributed by atoms with Crippen LogP contribution in [0.25, 0.3) is 16.6 Å². The van der Waals surface area contributed by atoms with Crippen LogP contribution in [0.15, 0.2) is 61.2 Å². The molecule has 0 saturated heterocycles. The molecular formula is C22H18F3N5O. The molecule has 0 atom stereocenters. The van der Waals surface area contributed by atoms with Crippen LogP contribution >= 0.6 is 0 Å². The van der Waals surface area contributed by atoms with Crippen LogP contribution < -0.4 is 5.32 Å². The van der Waals surface area contributed by atoms with Gasteiger partial charge < -0.3 is 5.32 Å². The summed E-state index contributed by atoms with van der Waals surface area (Å²) in [4.78, 5) is 21.6. The molecule has 0 spiro atoms. The van der Waals surface area contributed by atoms with Crippen molar-refractivity contribution >= 4 is 22.5 Å². The average Bonchev–Trinajstić information content (AvgIpc) is 3.26. The summed E-state index contributed by atoms with van der Waals surface area (Å²) < 4.78 is 41.2. The first kappa shape index (κ1) is 20.5. The molecule has 31 heavy (non-hydrogen) atoms. The number of hydrogen-bond acceptors (Lipinski definition) is 4. The first-order valence-corrected chi connectivity index (χ1v) is 9.51. The lowest BCUT2D eigenvalue weighted by atomic mass is 10.0. The van der Waals surface area contributed by atoms with Gasteiger partial charge in [-0.25, -0.2) is 9.67 Å². The van der Waals surface area contributed by atoms with Gasteiger partial charge in [0.15, 0.2) is 0 Å². The highest BCUT2D eigenvalue weighted by Crippen LogP contribution is 2.34. The predicted octanol–water partition coefficient (Wildman–Crippen LogP) is 5.21. The van der Waals surface area contributed by atoms with Gasteiger partial charge in [0, 0.05) is 11.1 Å².